The van der Waals surface area contributed by atoms with Crippen LogP contribution < -0.4 is 24.8 Å². The molecular formula is C43H46Cl2FN5O6S. The minimum atomic E-state index is -4.41. The molecule has 2 aliphatic rings. The second kappa shape index (κ2) is 17.7. The molecule has 306 valence electrons. The molecule has 2 heterocycles. The molecule has 1 fully saturated rings. The van der Waals surface area contributed by atoms with Crippen molar-refractivity contribution in [2.24, 2.45) is 5.41 Å². The highest BCUT2D eigenvalue weighted by atomic mass is 35.5. The molecule has 0 atom stereocenters. The Morgan fingerprint density at radius 2 is 1.74 bits per heavy atom. The Morgan fingerprint density at radius 1 is 0.948 bits per heavy atom. The lowest BCUT2D eigenvalue weighted by Gasteiger charge is -2.34. The van der Waals surface area contributed by atoms with Crippen LogP contribution in [0.2, 0.25) is 10.0 Å². The van der Waals surface area contributed by atoms with Crippen molar-refractivity contribution in [3.05, 3.63) is 112 Å². The summed E-state index contributed by atoms with van der Waals surface area (Å²) < 4.78 is 61.3. The molecule has 0 saturated carbocycles. The van der Waals surface area contributed by atoms with Crippen LogP contribution in [0, 0.1) is 5.41 Å². The molecule has 1 aliphatic heterocycles. The zero-order valence-electron chi connectivity index (χ0n) is 32.3. The van der Waals surface area contributed by atoms with Gasteiger partial charge in [-0.15, -0.1) is 0 Å². The maximum Gasteiger partial charge on any atom is 0.268 e. The summed E-state index contributed by atoms with van der Waals surface area (Å²) >= 11 is 12.6. The maximum atomic E-state index is 15.0. The highest BCUT2D eigenvalue weighted by molar-refractivity contribution is 7.90. The minimum Gasteiger partial charge on any atom is -0.489 e. The molecule has 1 aliphatic carbocycles. The largest absolute Gasteiger partial charge is 0.489 e. The average Bonchev–Trinajstić information content (AvgIpc) is 3.68. The number of fused-ring (bicyclic) bond motifs is 1. The van der Waals surface area contributed by atoms with Crippen LogP contribution in [0.5, 0.6) is 17.2 Å². The van der Waals surface area contributed by atoms with Gasteiger partial charge in [-0.3, -0.25) is 9.89 Å². The number of aromatic amines is 1. The molecule has 7 rings (SSSR count). The van der Waals surface area contributed by atoms with Gasteiger partial charge < -0.3 is 24.8 Å². The first-order valence-electron chi connectivity index (χ1n) is 19.2. The molecule has 0 spiro atoms. The first-order valence-corrected chi connectivity index (χ1v) is 21.4. The summed E-state index contributed by atoms with van der Waals surface area (Å²) in [5.74, 6) is -0.258. The number of amides is 1. The quantitative estimate of drug-likeness (QED) is 0.0758. The van der Waals surface area contributed by atoms with Crippen LogP contribution in [0.15, 0.2) is 95.5 Å². The lowest BCUT2D eigenvalue weighted by Crippen LogP contribution is -2.37. The van der Waals surface area contributed by atoms with E-state index in [0.29, 0.717) is 29.9 Å². The zero-order chi connectivity index (χ0) is 40.9. The highest BCUT2D eigenvalue weighted by Gasteiger charge is 2.34. The van der Waals surface area contributed by atoms with E-state index < -0.39 is 21.6 Å². The number of hydrogen-bond donors (Lipinski definition) is 4. The van der Waals surface area contributed by atoms with Crippen LogP contribution in [0.25, 0.3) is 16.5 Å². The number of nitrogens with one attached hydrogen (secondary N) is 4. The molecular weight excluding hydrogens is 804 g/mol. The third kappa shape index (κ3) is 10.1. The Morgan fingerprint density at radius 3 is 2.52 bits per heavy atom. The predicted octanol–water partition coefficient (Wildman–Crippen LogP) is 9.34. The van der Waals surface area contributed by atoms with Gasteiger partial charge in [0, 0.05) is 62.5 Å². The van der Waals surface area contributed by atoms with Crippen LogP contribution in [0.1, 0.15) is 61.9 Å². The number of carbonyl (C=O) groups excluding carboxylic acids is 1. The molecule has 0 unspecified atom stereocenters. The van der Waals surface area contributed by atoms with E-state index in [-0.39, 0.29) is 65.1 Å². The van der Waals surface area contributed by atoms with Crippen LogP contribution in [-0.2, 0) is 14.8 Å². The van der Waals surface area contributed by atoms with E-state index in [1.807, 2.05) is 18.2 Å². The van der Waals surface area contributed by atoms with Gasteiger partial charge in [-0.05, 0) is 90.4 Å². The van der Waals surface area contributed by atoms with E-state index in [9.17, 15) is 13.2 Å². The molecule has 4 aromatic carbocycles. The lowest BCUT2D eigenvalue weighted by atomic mass is 9.72. The van der Waals surface area contributed by atoms with Crippen LogP contribution in [0.3, 0.4) is 0 Å². The average molecular weight is 851 g/mol. The number of H-pyrrole nitrogens is 1. The third-order valence-electron chi connectivity index (χ3n) is 10.6. The van der Waals surface area contributed by atoms with Crippen molar-refractivity contribution in [1.82, 2.24) is 20.2 Å². The summed E-state index contributed by atoms with van der Waals surface area (Å²) in [4.78, 5) is 13.5. The van der Waals surface area contributed by atoms with Crippen LogP contribution in [0.4, 0.5) is 10.1 Å². The maximum absolute atomic E-state index is 15.0. The summed E-state index contributed by atoms with van der Waals surface area (Å²) in [7, 11) is -4.41. The van der Waals surface area contributed by atoms with Crippen molar-refractivity contribution in [1.29, 1.82) is 0 Å². The number of allylic oxidation sites excluding steroid dienone is 1. The summed E-state index contributed by atoms with van der Waals surface area (Å²) in [5, 5.41) is 15.3. The summed E-state index contributed by atoms with van der Waals surface area (Å²) in [6, 6.07) is 22.0. The molecule has 11 nitrogen and oxygen atoms in total. The van der Waals surface area contributed by atoms with Crippen molar-refractivity contribution in [2.75, 3.05) is 44.8 Å². The predicted molar refractivity (Wildman–Crippen MR) is 225 cm³/mol. The Labute approximate surface area is 347 Å². The van der Waals surface area contributed by atoms with E-state index in [1.54, 1.807) is 30.5 Å². The molecule has 0 radical (unpaired) electrons. The van der Waals surface area contributed by atoms with E-state index in [0.717, 1.165) is 42.4 Å². The molecule has 0 bridgehead atoms. The first-order chi connectivity index (χ1) is 27.8. The third-order valence-corrected chi connectivity index (χ3v) is 12.4. The number of hydrogen-bond acceptors (Lipinski definition) is 9. The minimum absolute atomic E-state index is 0.0228. The van der Waals surface area contributed by atoms with Gasteiger partial charge >= 0.3 is 0 Å². The fraction of sp³-hybridized carbons (Fsp3) is 0.349. The van der Waals surface area contributed by atoms with E-state index in [4.69, 9.17) is 37.4 Å². The SMILES string of the molecule is CC1(C)CCC(CNCCNc2ccc(C(=O)NS(=O)(=O)c3ccc(OCC4(F)CCOCC4)c(Cl)c3)c(Oc3cccc4[nH]ncc34)c2)=C(c2ccc(Cl)cc2)C1. The second-order valence-electron chi connectivity index (χ2n) is 15.5. The second-order valence-corrected chi connectivity index (χ2v) is 18.0. The van der Waals surface area contributed by atoms with Gasteiger partial charge in [-0.2, -0.15) is 5.10 Å². The molecule has 5 aromatic rings. The molecule has 4 N–H and O–H groups in total. The Bertz CT molecular complexity index is 2420. The number of sulfonamides is 1. The number of carbonyl (C=O) groups is 1. The van der Waals surface area contributed by atoms with Crippen molar-refractivity contribution in [3.8, 4) is 17.2 Å². The first kappa shape index (κ1) is 41.5. The molecule has 15 heteroatoms. The number of alkyl halides is 1. The summed E-state index contributed by atoms with van der Waals surface area (Å²) in [6.45, 7) is 6.91. The zero-order valence-corrected chi connectivity index (χ0v) is 34.6. The molecule has 58 heavy (non-hydrogen) atoms. The van der Waals surface area contributed by atoms with E-state index >= 15 is 4.39 Å². The topological polar surface area (TPSA) is 144 Å². The number of nitrogens with zero attached hydrogens (tertiary/aromatic N) is 1. The number of anilines is 1. The molecule has 1 saturated heterocycles. The van der Waals surface area contributed by atoms with E-state index in [1.165, 1.54) is 34.9 Å². The van der Waals surface area contributed by atoms with Gasteiger partial charge in [0.1, 0.15) is 29.5 Å². The molecule has 1 amide bonds. The van der Waals surface area contributed by atoms with Gasteiger partial charge in [0.25, 0.3) is 15.9 Å². The fourth-order valence-electron chi connectivity index (χ4n) is 7.16. The van der Waals surface area contributed by atoms with Crippen molar-refractivity contribution >= 4 is 61.3 Å². The van der Waals surface area contributed by atoms with E-state index in [2.05, 4.69) is 51.5 Å². The van der Waals surface area contributed by atoms with Gasteiger partial charge in [0.15, 0.2) is 0 Å². The van der Waals surface area contributed by atoms with Gasteiger partial charge in [-0.25, -0.2) is 17.5 Å². The van der Waals surface area contributed by atoms with Gasteiger partial charge in [0.2, 0.25) is 0 Å². The van der Waals surface area contributed by atoms with Gasteiger partial charge in [0.05, 0.1) is 32.6 Å². The highest BCUT2D eigenvalue weighted by Crippen LogP contribution is 2.43. The van der Waals surface area contributed by atoms with Crippen LogP contribution in [-0.4, -0.2) is 69.6 Å². The summed E-state index contributed by atoms with van der Waals surface area (Å²) in [5.41, 5.74) is 3.97. The number of ether oxygens (including phenoxy) is 3. The number of aromatic nitrogens is 2. The smallest absolute Gasteiger partial charge is 0.268 e. The normalized spacial score (nSPS) is 16.6. The van der Waals surface area contributed by atoms with Crippen molar-refractivity contribution in [3.63, 3.8) is 0 Å². The monoisotopic (exact) mass is 849 g/mol. The Kier molecular flexibility index (Phi) is 12.6. The van der Waals surface area contributed by atoms with Crippen LogP contribution >= 0.6 is 23.2 Å². The Balaban J connectivity index is 1.04. The number of halogens is 3. The fourth-order valence-corrected chi connectivity index (χ4v) is 8.58. The lowest BCUT2D eigenvalue weighted by molar-refractivity contribution is -0.0323. The summed E-state index contributed by atoms with van der Waals surface area (Å²) in [6.07, 6.45) is 5.10. The van der Waals surface area contributed by atoms with Gasteiger partial charge in [-0.1, -0.05) is 60.8 Å². The molecule has 1 aromatic heterocycles. The van der Waals surface area contributed by atoms with Crippen molar-refractivity contribution in [2.45, 2.75) is 56.5 Å². The van der Waals surface area contributed by atoms with Crippen molar-refractivity contribution < 1.29 is 31.8 Å². The number of rotatable bonds is 15. The Hall–Kier alpha value is -4.66. The number of benzene rings is 4. The standard InChI is InChI=1S/C43H46Cl2FN5O6S/c1-42(2)15-14-29(34(24-42)28-6-8-30(44)9-7-28)25-47-18-19-48-31-10-12-33(40(22-31)57-38-5-3-4-37-35(38)26-49-50-37)41(52)51-58(53,54)32-11-13-39(36(45)23-32)56-27-43(46)16-20-55-21-17-43/h3-13,22-23,26,47-48H,14-21,24-25,27H2,1-2H3,(H,49,50)(H,51,52).